The molecule has 0 rings (SSSR count). The van der Waals surface area contributed by atoms with Gasteiger partial charge in [-0.3, -0.25) is 0 Å². The van der Waals surface area contributed by atoms with E-state index >= 15 is 0 Å². The Morgan fingerprint density at radius 2 is 0.857 bits per heavy atom. The van der Waals surface area contributed by atoms with E-state index in [0.29, 0.717) is 0 Å². The van der Waals surface area contributed by atoms with Crippen LogP contribution in [0.5, 0.6) is 0 Å². The fraction of sp³-hybridized carbons (Fsp3) is 0. The predicted octanol–water partition coefficient (Wildman–Crippen LogP) is -4.06. The standard InChI is InChI=1S/4H2O.Pb.Sn.Ti.4H/h4*1H2;;;;;;;/q;;;;;;+4;;;;/p-4. The van der Waals surface area contributed by atoms with E-state index in [1.54, 1.807) is 0 Å². The van der Waals surface area contributed by atoms with Crippen LogP contribution in [0.2, 0.25) is 0 Å². The molecular formula is H8O4PbSnTi. The molecule has 7 heavy (non-hydrogen) atoms. The molecule has 0 fully saturated rings. The maximum atomic E-state index is 7.38. The molecule has 7 heteroatoms. The van der Waals surface area contributed by atoms with Crippen LogP contribution in [0.3, 0.4) is 0 Å². The van der Waals surface area contributed by atoms with Gasteiger partial charge in [-0.15, -0.1) is 0 Å². The van der Waals surface area contributed by atoms with Crippen LogP contribution in [0.15, 0.2) is 0 Å². The fourth-order valence-electron chi connectivity index (χ4n) is 0. The predicted molar refractivity (Wildman–Crippen MR) is 26.0 cm³/mol. The van der Waals surface area contributed by atoms with Crippen molar-refractivity contribution >= 4 is 51.2 Å². The zero-order valence-corrected chi connectivity index (χ0v) is 14.8. The van der Waals surface area contributed by atoms with Crippen molar-refractivity contribution in [2.24, 2.45) is 0 Å². The van der Waals surface area contributed by atoms with Crippen molar-refractivity contribution in [3.63, 3.8) is 0 Å². The van der Waals surface area contributed by atoms with Gasteiger partial charge in [-0.25, -0.2) is 0 Å². The normalized spacial score (nSPS) is 8.57. The van der Waals surface area contributed by atoms with Gasteiger partial charge in [0, 0.05) is 0 Å². The molecule has 0 unspecified atom stereocenters. The molecule has 0 bridgehead atoms. The molecule has 0 amide bonds. The van der Waals surface area contributed by atoms with Gasteiger partial charge in [0.05, 0.1) is 0 Å². The van der Waals surface area contributed by atoms with Crippen molar-refractivity contribution in [2.45, 2.75) is 0 Å². The van der Waals surface area contributed by atoms with Crippen LogP contribution in [-0.4, -0.2) is 66.0 Å². The van der Waals surface area contributed by atoms with E-state index in [-0.39, 0.29) is 51.2 Å². The minimum absolute atomic E-state index is 0. The third-order valence-electron chi connectivity index (χ3n) is 0. The second-order valence-corrected chi connectivity index (χ2v) is 2.47. The Labute approximate surface area is 82.9 Å². The first kappa shape index (κ1) is 16.1. The van der Waals surface area contributed by atoms with Crippen molar-refractivity contribution in [2.75, 3.05) is 0 Å². The Hall–Kier alpha value is 2.28. The van der Waals surface area contributed by atoms with Crippen LogP contribution < -0.4 is 0 Å². The Kier molecular flexibility index (Phi) is 14.7. The third-order valence-corrected chi connectivity index (χ3v) is 0. The van der Waals surface area contributed by atoms with Gasteiger partial charge in [-0.05, 0) is 0 Å². The Balaban J connectivity index is -0.0000000800. The molecule has 0 aliphatic carbocycles. The zero-order valence-electron chi connectivity index (χ0n) is 3.70. The number of rotatable bonds is 0. The summed E-state index contributed by atoms with van der Waals surface area (Å²) >= 11 is -5.00. The second kappa shape index (κ2) is 6.40. The molecule has 0 aliphatic heterocycles. The molecule has 0 saturated heterocycles. The summed E-state index contributed by atoms with van der Waals surface area (Å²) in [7, 11) is 0. The molecule has 0 heterocycles. The van der Waals surface area contributed by atoms with Gasteiger partial charge in [0.1, 0.15) is 0 Å². The van der Waals surface area contributed by atoms with Gasteiger partial charge in [0.25, 0.3) is 0 Å². The van der Waals surface area contributed by atoms with Crippen molar-refractivity contribution < 1.29 is 32.9 Å². The van der Waals surface area contributed by atoms with E-state index in [1.165, 1.54) is 0 Å². The number of hydrogen-bond acceptors (Lipinski definition) is 4. The van der Waals surface area contributed by atoms with Crippen molar-refractivity contribution in [3.8, 4) is 0 Å². The van der Waals surface area contributed by atoms with Gasteiger partial charge in [-0.1, -0.05) is 0 Å². The summed E-state index contributed by atoms with van der Waals surface area (Å²) in [6.07, 6.45) is 0. The van der Waals surface area contributed by atoms with E-state index in [9.17, 15) is 0 Å². The summed E-state index contributed by atoms with van der Waals surface area (Å²) in [6.45, 7) is 0. The Morgan fingerprint density at radius 3 is 0.857 bits per heavy atom. The van der Waals surface area contributed by atoms with Crippen LogP contribution in [0.25, 0.3) is 0 Å². The van der Waals surface area contributed by atoms with Crippen LogP contribution in [0.4, 0.5) is 0 Å². The SMILES string of the molecule is [OH][Ti]([OH])([OH])[OH].[PbH2].[SnH2]. The molecule has 0 aliphatic rings. The maximum absolute atomic E-state index is 7.38. The molecular weight excluding hydrogens is 438 g/mol. The van der Waals surface area contributed by atoms with Gasteiger partial charge in [0.2, 0.25) is 0 Å². The third kappa shape index (κ3) is 63.0. The van der Waals surface area contributed by atoms with E-state index in [0.717, 1.165) is 0 Å². The summed E-state index contributed by atoms with van der Waals surface area (Å²) in [6, 6.07) is 0. The molecule has 4 nitrogen and oxygen atoms in total. The van der Waals surface area contributed by atoms with Gasteiger partial charge >= 0.3 is 84.1 Å². The average Bonchev–Trinajstić information content (AvgIpc) is 0.722. The molecule has 0 aromatic rings. The Morgan fingerprint density at radius 1 is 0.857 bits per heavy atom. The van der Waals surface area contributed by atoms with E-state index < -0.39 is 18.1 Å². The summed E-state index contributed by atoms with van der Waals surface area (Å²) in [4.78, 5) is 0. The molecule has 0 atom stereocenters. The molecule has 4 N–H and O–H groups in total. The van der Waals surface area contributed by atoms with E-state index in [2.05, 4.69) is 0 Å². The zero-order chi connectivity index (χ0) is 4.50. The van der Waals surface area contributed by atoms with Gasteiger partial charge < -0.3 is 0 Å². The summed E-state index contributed by atoms with van der Waals surface area (Å²) in [5, 5.41) is 0. The topological polar surface area (TPSA) is 80.9 Å². The monoisotopic (exact) mass is 448 g/mol. The minimum atomic E-state index is -5.00. The summed E-state index contributed by atoms with van der Waals surface area (Å²) in [5.41, 5.74) is 0. The van der Waals surface area contributed by atoms with Crippen LogP contribution >= 0.6 is 0 Å². The molecule has 0 saturated carbocycles. The molecule has 4 radical (unpaired) electrons. The first-order valence-electron chi connectivity index (χ1n) is 0.894. The summed E-state index contributed by atoms with van der Waals surface area (Å²) in [5.74, 6) is 0. The van der Waals surface area contributed by atoms with Gasteiger partial charge in [0.15, 0.2) is 0 Å². The van der Waals surface area contributed by atoms with Crippen LogP contribution in [0, 0.1) is 0 Å². The van der Waals surface area contributed by atoms with E-state index in [4.69, 9.17) is 14.8 Å². The van der Waals surface area contributed by atoms with Crippen molar-refractivity contribution in [3.05, 3.63) is 0 Å². The second-order valence-electron chi connectivity index (χ2n) is 0.600. The number of hydrogen-bond donors (Lipinski definition) is 4. The van der Waals surface area contributed by atoms with Crippen molar-refractivity contribution in [1.29, 1.82) is 0 Å². The molecule has 0 aromatic carbocycles. The quantitative estimate of drug-likeness (QED) is 0.286. The first-order valence-corrected chi connectivity index (χ1v) is 3.69. The molecule has 0 aromatic heterocycles. The first-order chi connectivity index (χ1) is 2.00. The van der Waals surface area contributed by atoms with Crippen LogP contribution in [0.1, 0.15) is 0 Å². The average molecular weight is 446 g/mol. The molecule has 44 valence electrons. The van der Waals surface area contributed by atoms with Crippen LogP contribution in [-0.2, 0) is 18.1 Å². The fourth-order valence-corrected chi connectivity index (χ4v) is 0. The Bertz CT molecular complexity index is 27.2. The van der Waals surface area contributed by atoms with E-state index in [1.807, 2.05) is 0 Å². The molecule has 0 spiro atoms. The van der Waals surface area contributed by atoms with Crippen molar-refractivity contribution in [1.82, 2.24) is 0 Å². The van der Waals surface area contributed by atoms with Gasteiger partial charge in [-0.2, -0.15) is 0 Å². The summed E-state index contributed by atoms with van der Waals surface area (Å²) < 4.78 is 29.5.